The van der Waals surface area contributed by atoms with Crippen molar-refractivity contribution in [3.8, 4) is 0 Å². The highest BCUT2D eigenvalue weighted by atomic mass is 35.5. The minimum Gasteiger partial charge on any atom is -0.272 e. The number of benzene rings is 3. The largest absolute Gasteiger partial charge is 0.272 e. The van der Waals surface area contributed by atoms with Gasteiger partial charge in [-0.15, -0.1) is 0 Å². The zero-order chi connectivity index (χ0) is 18.4. The SMILES string of the molecule is O=C(N/N=C\c1ccc(Cl)c(Cl)c1)C(c1ccccc1)c1ccccc1. The first-order valence-electron chi connectivity index (χ1n) is 8.03. The van der Waals surface area contributed by atoms with E-state index in [-0.39, 0.29) is 5.91 Å². The molecule has 3 aromatic rings. The Kier molecular flexibility index (Phi) is 6.05. The molecule has 0 radical (unpaired) electrons. The molecule has 130 valence electrons. The summed E-state index contributed by atoms with van der Waals surface area (Å²) in [5.41, 5.74) is 5.17. The van der Waals surface area contributed by atoms with Crippen molar-refractivity contribution in [3.05, 3.63) is 106 Å². The van der Waals surface area contributed by atoms with Crippen LogP contribution in [0.3, 0.4) is 0 Å². The molecule has 0 aromatic heterocycles. The second kappa shape index (κ2) is 8.65. The maximum atomic E-state index is 12.8. The molecule has 0 spiro atoms. The quantitative estimate of drug-likeness (QED) is 0.473. The lowest BCUT2D eigenvalue weighted by atomic mass is 9.91. The molecule has 3 rings (SSSR count). The van der Waals surface area contributed by atoms with Crippen LogP contribution in [0.15, 0.2) is 84.0 Å². The third kappa shape index (κ3) is 4.51. The predicted octanol–water partition coefficient (Wildman–Crippen LogP) is 5.28. The topological polar surface area (TPSA) is 41.5 Å². The van der Waals surface area contributed by atoms with Gasteiger partial charge in [0.2, 0.25) is 0 Å². The zero-order valence-electron chi connectivity index (χ0n) is 13.8. The summed E-state index contributed by atoms with van der Waals surface area (Å²) in [7, 11) is 0. The average Bonchev–Trinajstić information content (AvgIpc) is 2.67. The van der Waals surface area contributed by atoms with Crippen LogP contribution in [-0.2, 0) is 4.79 Å². The highest BCUT2D eigenvalue weighted by molar-refractivity contribution is 6.42. The molecular formula is C21H16Cl2N2O. The average molecular weight is 383 g/mol. The van der Waals surface area contributed by atoms with E-state index in [1.807, 2.05) is 60.7 Å². The first kappa shape index (κ1) is 18.2. The van der Waals surface area contributed by atoms with Crippen molar-refractivity contribution in [2.45, 2.75) is 5.92 Å². The van der Waals surface area contributed by atoms with Crippen molar-refractivity contribution in [2.75, 3.05) is 0 Å². The van der Waals surface area contributed by atoms with Crippen LogP contribution < -0.4 is 5.43 Å². The Labute approximate surface area is 162 Å². The van der Waals surface area contributed by atoms with Crippen molar-refractivity contribution < 1.29 is 4.79 Å². The molecule has 0 atom stereocenters. The van der Waals surface area contributed by atoms with E-state index in [2.05, 4.69) is 10.5 Å². The summed E-state index contributed by atoms with van der Waals surface area (Å²) >= 11 is 11.9. The lowest BCUT2D eigenvalue weighted by Crippen LogP contribution is -2.26. The van der Waals surface area contributed by atoms with E-state index in [0.717, 1.165) is 16.7 Å². The minimum absolute atomic E-state index is 0.210. The Hall–Kier alpha value is -2.62. The first-order chi connectivity index (χ1) is 12.6. The van der Waals surface area contributed by atoms with Gasteiger partial charge < -0.3 is 0 Å². The molecule has 0 unspecified atom stereocenters. The Balaban J connectivity index is 1.80. The van der Waals surface area contributed by atoms with Crippen molar-refractivity contribution in [1.29, 1.82) is 0 Å². The third-order valence-electron chi connectivity index (χ3n) is 3.86. The molecule has 0 aliphatic carbocycles. The lowest BCUT2D eigenvalue weighted by molar-refractivity contribution is -0.121. The van der Waals surface area contributed by atoms with E-state index < -0.39 is 5.92 Å². The third-order valence-corrected chi connectivity index (χ3v) is 4.60. The van der Waals surface area contributed by atoms with Crippen LogP contribution in [0.25, 0.3) is 0 Å². The summed E-state index contributed by atoms with van der Waals surface area (Å²) in [6.45, 7) is 0. The Morgan fingerprint density at radius 2 is 1.42 bits per heavy atom. The van der Waals surface area contributed by atoms with E-state index in [4.69, 9.17) is 23.2 Å². The smallest absolute Gasteiger partial charge is 0.252 e. The molecule has 26 heavy (non-hydrogen) atoms. The van der Waals surface area contributed by atoms with E-state index in [9.17, 15) is 4.79 Å². The number of amides is 1. The maximum Gasteiger partial charge on any atom is 0.252 e. The Morgan fingerprint density at radius 1 is 0.846 bits per heavy atom. The monoisotopic (exact) mass is 382 g/mol. The molecule has 3 nitrogen and oxygen atoms in total. The second-order valence-electron chi connectivity index (χ2n) is 5.66. The molecule has 5 heteroatoms. The number of rotatable bonds is 5. The first-order valence-corrected chi connectivity index (χ1v) is 8.78. The van der Waals surface area contributed by atoms with E-state index in [1.165, 1.54) is 6.21 Å². The van der Waals surface area contributed by atoms with Gasteiger partial charge in [0.1, 0.15) is 0 Å². The number of hydrogen-bond donors (Lipinski definition) is 1. The van der Waals surface area contributed by atoms with Gasteiger partial charge in [0.25, 0.3) is 5.91 Å². The van der Waals surface area contributed by atoms with E-state index in [0.29, 0.717) is 10.0 Å². The molecule has 0 aliphatic heterocycles. The van der Waals surface area contributed by atoms with E-state index in [1.54, 1.807) is 18.2 Å². The highest BCUT2D eigenvalue weighted by Gasteiger charge is 2.22. The van der Waals surface area contributed by atoms with Crippen molar-refractivity contribution in [3.63, 3.8) is 0 Å². The van der Waals surface area contributed by atoms with Crippen LogP contribution in [-0.4, -0.2) is 12.1 Å². The summed E-state index contributed by atoms with van der Waals surface area (Å²) in [6.07, 6.45) is 1.53. The van der Waals surface area contributed by atoms with Crippen LogP contribution in [0, 0.1) is 0 Å². The normalized spacial score (nSPS) is 11.0. The molecule has 3 aromatic carbocycles. The van der Waals surface area contributed by atoms with Crippen molar-refractivity contribution in [2.24, 2.45) is 5.10 Å². The molecule has 0 bridgehead atoms. The summed E-state index contributed by atoms with van der Waals surface area (Å²) in [6, 6.07) is 24.4. The molecule has 0 fully saturated rings. The molecule has 0 saturated heterocycles. The van der Waals surface area contributed by atoms with Crippen molar-refractivity contribution in [1.82, 2.24) is 5.43 Å². The standard InChI is InChI=1S/C21H16Cl2N2O/c22-18-12-11-15(13-19(18)23)14-24-25-21(26)20(16-7-3-1-4-8-16)17-9-5-2-6-10-17/h1-14,20H,(H,25,26)/b24-14-. The maximum absolute atomic E-state index is 12.8. The summed E-state index contributed by atoms with van der Waals surface area (Å²) in [4.78, 5) is 12.8. The van der Waals surface area contributed by atoms with Crippen LogP contribution in [0.2, 0.25) is 10.0 Å². The van der Waals surface area contributed by atoms with Gasteiger partial charge >= 0.3 is 0 Å². The Bertz CT molecular complexity index is 872. The van der Waals surface area contributed by atoms with Gasteiger partial charge in [-0.05, 0) is 28.8 Å². The van der Waals surface area contributed by atoms with Gasteiger partial charge in [0, 0.05) is 0 Å². The highest BCUT2D eigenvalue weighted by Crippen LogP contribution is 2.25. The predicted molar refractivity (Wildman–Crippen MR) is 107 cm³/mol. The van der Waals surface area contributed by atoms with Gasteiger partial charge in [-0.25, -0.2) is 5.43 Å². The fraction of sp³-hybridized carbons (Fsp3) is 0.0476. The molecule has 1 N–H and O–H groups in total. The van der Waals surface area contributed by atoms with Crippen LogP contribution >= 0.6 is 23.2 Å². The fourth-order valence-electron chi connectivity index (χ4n) is 2.61. The summed E-state index contributed by atoms with van der Waals surface area (Å²) < 4.78 is 0. The number of halogens is 2. The lowest BCUT2D eigenvalue weighted by Gasteiger charge is -2.16. The van der Waals surface area contributed by atoms with Gasteiger partial charge in [-0.1, -0.05) is 89.9 Å². The van der Waals surface area contributed by atoms with Crippen molar-refractivity contribution >= 4 is 35.3 Å². The molecular weight excluding hydrogens is 367 g/mol. The fourth-order valence-corrected chi connectivity index (χ4v) is 2.92. The number of carbonyl (C=O) groups excluding carboxylic acids is 1. The molecule has 1 amide bonds. The summed E-state index contributed by atoms with van der Waals surface area (Å²) in [5.74, 6) is -0.651. The van der Waals surface area contributed by atoms with E-state index >= 15 is 0 Å². The number of nitrogens with zero attached hydrogens (tertiary/aromatic N) is 1. The van der Waals surface area contributed by atoms with Gasteiger partial charge in [-0.3, -0.25) is 4.79 Å². The Morgan fingerprint density at radius 3 is 1.96 bits per heavy atom. The minimum atomic E-state index is -0.441. The number of nitrogens with one attached hydrogen (secondary N) is 1. The van der Waals surface area contributed by atoms with Gasteiger partial charge in [0.05, 0.1) is 22.2 Å². The number of hydrazone groups is 1. The van der Waals surface area contributed by atoms with Crippen LogP contribution in [0.5, 0.6) is 0 Å². The molecule has 0 aliphatic rings. The van der Waals surface area contributed by atoms with Crippen LogP contribution in [0.4, 0.5) is 0 Å². The van der Waals surface area contributed by atoms with Gasteiger partial charge in [0.15, 0.2) is 0 Å². The zero-order valence-corrected chi connectivity index (χ0v) is 15.3. The molecule has 0 heterocycles. The number of carbonyl (C=O) groups is 1. The van der Waals surface area contributed by atoms with Gasteiger partial charge in [-0.2, -0.15) is 5.10 Å². The molecule has 0 saturated carbocycles. The summed E-state index contributed by atoms with van der Waals surface area (Å²) in [5, 5.41) is 4.97. The van der Waals surface area contributed by atoms with Crippen LogP contribution in [0.1, 0.15) is 22.6 Å². The number of hydrogen-bond acceptors (Lipinski definition) is 2. The second-order valence-corrected chi connectivity index (χ2v) is 6.48.